The summed E-state index contributed by atoms with van der Waals surface area (Å²) in [7, 11) is 1.97. The first kappa shape index (κ1) is 14.1. The van der Waals surface area contributed by atoms with Gasteiger partial charge < -0.3 is 15.3 Å². The Bertz CT molecular complexity index is 342. The lowest BCUT2D eigenvalue weighted by molar-refractivity contribution is 0.401. The van der Waals surface area contributed by atoms with Crippen molar-refractivity contribution in [2.24, 2.45) is 0 Å². The molecule has 4 nitrogen and oxygen atoms in total. The summed E-state index contributed by atoms with van der Waals surface area (Å²) < 4.78 is 0. The number of anilines is 1. The zero-order valence-corrected chi connectivity index (χ0v) is 10.9. The molecule has 0 amide bonds. The molecule has 1 aromatic rings. The van der Waals surface area contributed by atoms with Crippen molar-refractivity contribution in [1.82, 2.24) is 10.3 Å². The quantitative estimate of drug-likeness (QED) is 0.867. The Morgan fingerprint density at radius 2 is 2.35 bits per heavy atom. The van der Waals surface area contributed by atoms with E-state index in [1.165, 1.54) is 19.3 Å². The van der Waals surface area contributed by atoms with Crippen molar-refractivity contribution in [2.45, 2.75) is 25.3 Å². The van der Waals surface area contributed by atoms with Crippen LogP contribution in [0.4, 0.5) is 5.82 Å². The number of halogens is 1. The van der Waals surface area contributed by atoms with Gasteiger partial charge in [-0.15, -0.1) is 12.4 Å². The predicted octanol–water partition coefficient (Wildman–Crippen LogP) is 1.79. The Balaban J connectivity index is 0.00000144. The number of hydrogen-bond acceptors (Lipinski definition) is 4. The zero-order chi connectivity index (χ0) is 11.4. The maximum atomic E-state index is 9.69. The molecule has 0 radical (unpaired) electrons. The number of aromatic nitrogens is 1. The molecule has 0 aliphatic carbocycles. The van der Waals surface area contributed by atoms with Crippen LogP contribution in [0.25, 0.3) is 0 Å². The fraction of sp³-hybridized carbons (Fsp3) is 0.583. The molecule has 0 aromatic carbocycles. The molecule has 1 aliphatic heterocycles. The normalized spacial score (nSPS) is 19.5. The van der Waals surface area contributed by atoms with Crippen LogP contribution >= 0.6 is 12.4 Å². The Morgan fingerprint density at radius 3 is 3.00 bits per heavy atom. The highest BCUT2D eigenvalue weighted by Crippen LogP contribution is 2.22. The minimum Gasteiger partial charge on any atom is -0.504 e. The number of likely N-dealkylation sites (N-methyl/N-ethyl adjacent to an activating group) is 1. The van der Waals surface area contributed by atoms with Gasteiger partial charge in [-0.3, -0.25) is 0 Å². The first-order chi connectivity index (χ1) is 7.77. The monoisotopic (exact) mass is 257 g/mol. The standard InChI is InChI=1S/C12H19N3O.ClH/c1-15(9-10-5-2-3-7-13-10)12-11(16)6-4-8-14-12;/h4,6,8,10,13,16H,2-3,5,7,9H2,1H3;1H. The molecule has 1 aromatic heterocycles. The Kier molecular flexibility index (Phi) is 5.51. The highest BCUT2D eigenvalue weighted by Gasteiger charge is 2.16. The van der Waals surface area contributed by atoms with E-state index in [4.69, 9.17) is 0 Å². The highest BCUT2D eigenvalue weighted by atomic mass is 35.5. The summed E-state index contributed by atoms with van der Waals surface area (Å²) in [4.78, 5) is 6.20. The number of nitrogens with one attached hydrogen (secondary N) is 1. The van der Waals surface area contributed by atoms with E-state index < -0.39 is 0 Å². The number of pyridine rings is 1. The summed E-state index contributed by atoms with van der Waals surface area (Å²) in [6, 6.07) is 3.93. The van der Waals surface area contributed by atoms with Gasteiger partial charge in [0.15, 0.2) is 11.6 Å². The molecule has 1 saturated heterocycles. The van der Waals surface area contributed by atoms with Gasteiger partial charge in [-0.05, 0) is 31.5 Å². The molecular weight excluding hydrogens is 238 g/mol. The number of nitrogens with zero attached hydrogens (tertiary/aromatic N) is 2. The molecular formula is C12H20ClN3O. The van der Waals surface area contributed by atoms with Gasteiger partial charge in [0.05, 0.1) is 0 Å². The van der Waals surface area contributed by atoms with Gasteiger partial charge in [0.2, 0.25) is 0 Å². The number of rotatable bonds is 3. The van der Waals surface area contributed by atoms with Gasteiger partial charge in [-0.25, -0.2) is 4.98 Å². The van der Waals surface area contributed by atoms with Crippen molar-refractivity contribution < 1.29 is 5.11 Å². The smallest absolute Gasteiger partial charge is 0.170 e. The molecule has 1 atom stereocenters. The minimum atomic E-state index is 0. The van der Waals surface area contributed by atoms with Crippen molar-refractivity contribution in [3.05, 3.63) is 18.3 Å². The molecule has 2 N–H and O–H groups in total. The van der Waals surface area contributed by atoms with Crippen LogP contribution in [0.3, 0.4) is 0 Å². The van der Waals surface area contributed by atoms with Crippen LogP contribution < -0.4 is 10.2 Å². The van der Waals surface area contributed by atoms with Crippen LogP contribution in [-0.2, 0) is 0 Å². The Hall–Kier alpha value is -1.00. The topological polar surface area (TPSA) is 48.4 Å². The van der Waals surface area contributed by atoms with E-state index in [1.807, 2.05) is 11.9 Å². The second-order valence-electron chi connectivity index (χ2n) is 4.37. The number of hydrogen-bond donors (Lipinski definition) is 2. The second kappa shape index (κ2) is 6.67. The second-order valence-corrected chi connectivity index (χ2v) is 4.37. The van der Waals surface area contributed by atoms with E-state index in [0.29, 0.717) is 11.9 Å². The van der Waals surface area contributed by atoms with E-state index in [1.54, 1.807) is 18.3 Å². The molecule has 96 valence electrons. The highest BCUT2D eigenvalue weighted by molar-refractivity contribution is 5.85. The number of piperidine rings is 1. The SMILES string of the molecule is CN(CC1CCCCN1)c1ncccc1O.Cl. The molecule has 0 saturated carbocycles. The van der Waals surface area contributed by atoms with Crippen molar-refractivity contribution >= 4 is 18.2 Å². The fourth-order valence-electron chi connectivity index (χ4n) is 2.18. The van der Waals surface area contributed by atoms with Crippen LogP contribution in [0.15, 0.2) is 18.3 Å². The molecule has 2 rings (SSSR count). The lowest BCUT2D eigenvalue weighted by atomic mass is 10.0. The summed E-state index contributed by atoms with van der Waals surface area (Å²) in [6.07, 6.45) is 5.48. The third-order valence-corrected chi connectivity index (χ3v) is 3.03. The summed E-state index contributed by atoms with van der Waals surface area (Å²) in [5.41, 5.74) is 0. The van der Waals surface area contributed by atoms with Gasteiger partial charge in [-0.2, -0.15) is 0 Å². The molecule has 17 heavy (non-hydrogen) atoms. The maximum absolute atomic E-state index is 9.69. The van der Waals surface area contributed by atoms with Crippen LogP contribution in [0.1, 0.15) is 19.3 Å². The number of aromatic hydroxyl groups is 1. The van der Waals surface area contributed by atoms with Crippen LogP contribution in [0, 0.1) is 0 Å². The summed E-state index contributed by atoms with van der Waals surface area (Å²) in [6.45, 7) is 2.00. The maximum Gasteiger partial charge on any atom is 0.170 e. The minimum absolute atomic E-state index is 0. The Morgan fingerprint density at radius 1 is 1.53 bits per heavy atom. The third-order valence-electron chi connectivity index (χ3n) is 3.03. The van der Waals surface area contributed by atoms with Gasteiger partial charge >= 0.3 is 0 Å². The summed E-state index contributed by atoms with van der Waals surface area (Å²) >= 11 is 0. The summed E-state index contributed by atoms with van der Waals surface area (Å²) in [5, 5.41) is 13.2. The average Bonchev–Trinajstić information content (AvgIpc) is 2.31. The molecule has 5 heteroatoms. The van der Waals surface area contributed by atoms with Crippen LogP contribution in [-0.4, -0.2) is 36.3 Å². The fourth-order valence-corrected chi connectivity index (χ4v) is 2.18. The van der Waals surface area contributed by atoms with Gasteiger partial charge in [0.25, 0.3) is 0 Å². The van der Waals surface area contributed by atoms with Crippen molar-refractivity contribution in [3.8, 4) is 5.75 Å². The van der Waals surface area contributed by atoms with Crippen molar-refractivity contribution in [1.29, 1.82) is 0 Å². The zero-order valence-electron chi connectivity index (χ0n) is 10.1. The molecule has 2 heterocycles. The van der Waals surface area contributed by atoms with E-state index >= 15 is 0 Å². The summed E-state index contributed by atoms with van der Waals surface area (Å²) in [5.74, 6) is 0.913. The third kappa shape index (κ3) is 3.75. The molecule has 1 fully saturated rings. The lowest BCUT2D eigenvalue weighted by Crippen LogP contribution is -2.42. The first-order valence-corrected chi connectivity index (χ1v) is 5.86. The van der Waals surface area contributed by atoms with Crippen LogP contribution in [0.5, 0.6) is 5.75 Å². The van der Waals surface area contributed by atoms with E-state index in [0.717, 1.165) is 13.1 Å². The Labute approximate surface area is 108 Å². The molecule has 0 bridgehead atoms. The van der Waals surface area contributed by atoms with E-state index in [2.05, 4.69) is 10.3 Å². The molecule has 1 unspecified atom stereocenters. The van der Waals surface area contributed by atoms with E-state index in [9.17, 15) is 5.11 Å². The lowest BCUT2D eigenvalue weighted by Gasteiger charge is -2.28. The van der Waals surface area contributed by atoms with Gasteiger partial charge in [0.1, 0.15) is 0 Å². The first-order valence-electron chi connectivity index (χ1n) is 5.86. The molecule has 0 spiro atoms. The van der Waals surface area contributed by atoms with Crippen molar-refractivity contribution in [2.75, 3.05) is 25.0 Å². The van der Waals surface area contributed by atoms with Crippen molar-refractivity contribution in [3.63, 3.8) is 0 Å². The molecule has 1 aliphatic rings. The van der Waals surface area contributed by atoms with Gasteiger partial charge in [-0.1, -0.05) is 6.42 Å². The predicted molar refractivity (Wildman–Crippen MR) is 72.1 cm³/mol. The van der Waals surface area contributed by atoms with Gasteiger partial charge in [0, 0.05) is 25.8 Å². The van der Waals surface area contributed by atoms with E-state index in [-0.39, 0.29) is 18.2 Å². The average molecular weight is 258 g/mol. The van der Waals surface area contributed by atoms with Crippen LogP contribution in [0.2, 0.25) is 0 Å². The largest absolute Gasteiger partial charge is 0.504 e.